The van der Waals surface area contributed by atoms with Gasteiger partial charge in [0.15, 0.2) is 0 Å². The summed E-state index contributed by atoms with van der Waals surface area (Å²) in [5, 5.41) is 11.3. The van der Waals surface area contributed by atoms with Crippen LogP contribution in [-0.4, -0.2) is 23.5 Å². The fourth-order valence-electron chi connectivity index (χ4n) is 2.96. The van der Waals surface area contributed by atoms with E-state index in [0.29, 0.717) is 11.5 Å². The first kappa shape index (κ1) is 21.2. The number of carboxylic acid groups (broad SMARTS) is 1. The zero-order valence-electron chi connectivity index (χ0n) is 16.5. The highest BCUT2D eigenvalue weighted by Gasteiger charge is 2.32. The molecule has 1 unspecified atom stereocenters. The van der Waals surface area contributed by atoms with Gasteiger partial charge in [-0.1, -0.05) is 60.1 Å². The fourth-order valence-corrected chi connectivity index (χ4v) is 2.96. The monoisotopic (exact) mass is 347 g/mol. The van der Waals surface area contributed by atoms with E-state index < -0.39 is 5.97 Å². The first-order chi connectivity index (χ1) is 11.5. The minimum absolute atomic E-state index is 0.0673. The van der Waals surface area contributed by atoms with Gasteiger partial charge in [0.05, 0.1) is 6.42 Å². The van der Waals surface area contributed by atoms with Crippen molar-refractivity contribution in [3.05, 3.63) is 35.4 Å². The predicted octanol–water partition coefficient (Wildman–Crippen LogP) is 4.85. The van der Waals surface area contributed by atoms with Crippen LogP contribution < -0.4 is 5.32 Å². The number of hydrogen-bond donors (Lipinski definition) is 2. The third-order valence-electron chi connectivity index (χ3n) is 4.87. The minimum Gasteiger partial charge on any atom is -0.481 e. The van der Waals surface area contributed by atoms with Gasteiger partial charge in [-0.25, -0.2) is 0 Å². The van der Waals surface area contributed by atoms with E-state index in [9.17, 15) is 9.59 Å². The van der Waals surface area contributed by atoms with Gasteiger partial charge in [0, 0.05) is 12.1 Å². The highest BCUT2D eigenvalue weighted by Crippen LogP contribution is 2.45. The molecule has 1 atom stereocenters. The first-order valence-electron chi connectivity index (χ1n) is 9.06. The summed E-state index contributed by atoms with van der Waals surface area (Å²) < 4.78 is 0. The lowest BCUT2D eigenvalue weighted by molar-refractivity contribution is -0.136. The Labute approximate surface area is 152 Å². The average Bonchev–Trinajstić information content (AvgIpc) is 2.51. The number of aliphatic carboxylic acids is 1. The smallest absolute Gasteiger partial charge is 0.305 e. The molecule has 1 aromatic carbocycles. The van der Waals surface area contributed by atoms with E-state index in [1.54, 1.807) is 0 Å². The molecule has 4 heteroatoms. The van der Waals surface area contributed by atoms with Crippen LogP contribution in [0.15, 0.2) is 24.3 Å². The summed E-state index contributed by atoms with van der Waals surface area (Å²) in [6.45, 7) is 13.7. The van der Waals surface area contributed by atoms with Crippen LogP contribution in [0.5, 0.6) is 0 Å². The molecule has 0 radical (unpaired) electrons. The lowest BCUT2D eigenvalue weighted by atomic mass is 9.67. The summed E-state index contributed by atoms with van der Waals surface area (Å²) in [4.78, 5) is 22.6. The maximum absolute atomic E-state index is 12.1. The van der Waals surface area contributed by atoms with Crippen molar-refractivity contribution in [1.82, 2.24) is 5.32 Å². The maximum atomic E-state index is 12.1. The van der Waals surface area contributed by atoms with Crippen LogP contribution in [0, 0.1) is 10.8 Å². The van der Waals surface area contributed by atoms with Gasteiger partial charge in [0.1, 0.15) is 0 Å². The Balaban J connectivity index is 2.93. The van der Waals surface area contributed by atoms with Crippen molar-refractivity contribution in [3.63, 3.8) is 0 Å². The molecule has 0 aromatic heterocycles. The molecular formula is C21H33NO3. The topological polar surface area (TPSA) is 66.4 Å². The lowest BCUT2D eigenvalue weighted by Gasteiger charge is -2.38. The molecule has 2 N–H and O–H groups in total. The highest BCUT2D eigenvalue weighted by atomic mass is 16.4. The van der Waals surface area contributed by atoms with E-state index >= 15 is 0 Å². The van der Waals surface area contributed by atoms with Gasteiger partial charge in [-0.3, -0.25) is 9.59 Å². The molecule has 1 aromatic rings. The van der Waals surface area contributed by atoms with Gasteiger partial charge in [-0.05, 0) is 40.9 Å². The molecule has 25 heavy (non-hydrogen) atoms. The quantitative estimate of drug-likeness (QED) is 0.706. The number of benzene rings is 1. The Morgan fingerprint density at radius 1 is 1.08 bits per heavy atom. The molecular weight excluding hydrogens is 314 g/mol. The number of carbonyl (C=O) groups is 2. The van der Waals surface area contributed by atoms with E-state index in [0.717, 1.165) is 12.8 Å². The molecule has 0 aliphatic rings. The Morgan fingerprint density at radius 3 is 2.08 bits per heavy atom. The van der Waals surface area contributed by atoms with Crippen LogP contribution in [-0.2, 0) is 4.79 Å². The van der Waals surface area contributed by atoms with Gasteiger partial charge < -0.3 is 10.4 Å². The van der Waals surface area contributed by atoms with Crippen molar-refractivity contribution in [2.24, 2.45) is 10.8 Å². The Hall–Kier alpha value is -1.84. The normalized spacial score (nSPS) is 13.4. The number of amides is 1. The van der Waals surface area contributed by atoms with Crippen molar-refractivity contribution in [3.8, 4) is 0 Å². The van der Waals surface area contributed by atoms with E-state index in [-0.39, 0.29) is 29.7 Å². The van der Waals surface area contributed by atoms with E-state index in [1.165, 1.54) is 5.56 Å². The summed E-state index contributed by atoms with van der Waals surface area (Å²) >= 11 is 0. The molecule has 0 heterocycles. The number of carbonyl (C=O) groups excluding carboxylic acids is 1. The number of rotatable bonds is 8. The largest absolute Gasteiger partial charge is 0.481 e. The summed E-state index contributed by atoms with van der Waals surface area (Å²) in [5.41, 5.74) is 2.23. The predicted molar refractivity (Wildman–Crippen MR) is 102 cm³/mol. The van der Waals surface area contributed by atoms with Crippen molar-refractivity contribution < 1.29 is 14.7 Å². The zero-order chi connectivity index (χ0) is 19.3. The molecule has 0 aliphatic heterocycles. The van der Waals surface area contributed by atoms with Gasteiger partial charge >= 0.3 is 5.97 Å². The average molecular weight is 347 g/mol. The number of carboxylic acids is 1. The van der Waals surface area contributed by atoms with Crippen molar-refractivity contribution in [2.45, 2.75) is 66.7 Å². The Morgan fingerprint density at radius 2 is 1.64 bits per heavy atom. The lowest BCUT2D eigenvalue weighted by Crippen LogP contribution is -2.27. The molecule has 0 bridgehead atoms. The molecule has 0 saturated carbocycles. The fraction of sp³-hybridized carbons (Fsp3) is 0.619. The maximum Gasteiger partial charge on any atom is 0.305 e. The molecule has 4 nitrogen and oxygen atoms in total. The van der Waals surface area contributed by atoms with Crippen LogP contribution in [0.3, 0.4) is 0 Å². The SMILES string of the molecule is CCC(C)(C)C(CC(C)(C)C)c1ccc(C(=O)NCCC(=O)O)cc1. The van der Waals surface area contributed by atoms with Crippen LogP contribution in [0.2, 0.25) is 0 Å². The molecule has 1 rings (SSSR count). The van der Waals surface area contributed by atoms with Crippen molar-refractivity contribution in [2.75, 3.05) is 6.54 Å². The summed E-state index contributed by atoms with van der Waals surface area (Å²) in [7, 11) is 0. The van der Waals surface area contributed by atoms with Gasteiger partial charge in [0.2, 0.25) is 0 Å². The second kappa shape index (κ2) is 8.50. The minimum atomic E-state index is -0.914. The molecule has 0 fully saturated rings. The standard InChI is InChI=1S/C21H33NO3/c1-7-21(5,6)17(14-20(2,3)4)15-8-10-16(11-9-15)19(25)22-13-12-18(23)24/h8-11,17H,7,12-14H2,1-6H3,(H,22,25)(H,23,24). The van der Waals surface area contributed by atoms with E-state index in [2.05, 4.69) is 46.9 Å². The van der Waals surface area contributed by atoms with Crippen LogP contribution in [0.1, 0.15) is 82.6 Å². The van der Waals surface area contributed by atoms with Crippen LogP contribution in [0.4, 0.5) is 0 Å². The second-order valence-corrected chi connectivity index (χ2v) is 8.68. The summed E-state index contributed by atoms with van der Waals surface area (Å²) in [5.74, 6) is -0.723. The van der Waals surface area contributed by atoms with Gasteiger partial charge in [-0.15, -0.1) is 0 Å². The van der Waals surface area contributed by atoms with Gasteiger partial charge in [0.25, 0.3) is 5.91 Å². The van der Waals surface area contributed by atoms with E-state index in [4.69, 9.17) is 5.11 Å². The van der Waals surface area contributed by atoms with Crippen molar-refractivity contribution >= 4 is 11.9 Å². The summed E-state index contributed by atoms with van der Waals surface area (Å²) in [6, 6.07) is 7.76. The van der Waals surface area contributed by atoms with E-state index in [1.807, 2.05) is 24.3 Å². The summed E-state index contributed by atoms with van der Waals surface area (Å²) in [6.07, 6.45) is 2.10. The highest BCUT2D eigenvalue weighted by molar-refractivity contribution is 5.94. The Kier molecular flexibility index (Phi) is 7.21. The third kappa shape index (κ3) is 6.89. The molecule has 140 valence electrons. The molecule has 0 spiro atoms. The molecule has 0 aliphatic carbocycles. The molecule has 0 saturated heterocycles. The van der Waals surface area contributed by atoms with Gasteiger partial charge in [-0.2, -0.15) is 0 Å². The number of hydrogen-bond acceptors (Lipinski definition) is 2. The van der Waals surface area contributed by atoms with Crippen LogP contribution in [0.25, 0.3) is 0 Å². The van der Waals surface area contributed by atoms with Crippen molar-refractivity contribution in [1.29, 1.82) is 0 Å². The third-order valence-corrected chi connectivity index (χ3v) is 4.87. The molecule has 1 amide bonds. The van der Waals surface area contributed by atoms with Crippen LogP contribution >= 0.6 is 0 Å². The zero-order valence-corrected chi connectivity index (χ0v) is 16.5. The second-order valence-electron chi connectivity index (χ2n) is 8.68. The first-order valence-corrected chi connectivity index (χ1v) is 9.06. The number of nitrogens with one attached hydrogen (secondary N) is 1. The Bertz CT molecular complexity index is 582.